The standard InChI is InChI=1S/C16H26N2O4/c1-6-21-13(19)16(10-17,12-7-8-12)11(2)9-18-14(20)22-15(3,4)5/h11-12H,6-9H2,1-5H3,(H,18,20). The van der Waals surface area contributed by atoms with Crippen LogP contribution in [-0.4, -0.2) is 30.8 Å². The summed E-state index contributed by atoms with van der Waals surface area (Å²) in [5.74, 6) is -0.831. The van der Waals surface area contributed by atoms with Crippen molar-refractivity contribution >= 4 is 12.1 Å². The number of ether oxygens (including phenoxy) is 2. The van der Waals surface area contributed by atoms with E-state index in [1.807, 2.05) is 0 Å². The number of nitrogens with zero attached hydrogens (tertiary/aromatic N) is 1. The van der Waals surface area contributed by atoms with Gasteiger partial charge in [0.05, 0.1) is 12.7 Å². The minimum Gasteiger partial charge on any atom is -0.465 e. The lowest BCUT2D eigenvalue weighted by Crippen LogP contribution is -2.45. The van der Waals surface area contributed by atoms with Crippen molar-refractivity contribution < 1.29 is 19.1 Å². The summed E-state index contributed by atoms with van der Waals surface area (Å²) in [5, 5.41) is 12.2. The molecule has 0 radical (unpaired) electrons. The van der Waals surface area contributed by atoms with Crippen LogP contribution in [0.25, 0.3) is 0 Å². The molecule has 2 atom stereocenters. The molecule has 1 rings (SSSR count). The van der Waals surface area contributed by atoms with Crippen molar-refractivity contribution in [3.63, 3.8) is 0 Å². The number of alkyl carbamates (subject to hydrolysis) is 1. The summed E-state index contributed by atoms with van der Waals surface area (Å²) < 4.78 is 10.3. The Bertz CT molecular complexity index is 460. The minimum absolute atomic E-state index is 0.00647. The normalized spacial score (nSPS) is 18.5. The third-order valence-electron chi connectivity index (χ3n) is 3.75. The Morgan fingerprint density at radius 1 is 1.36 bits per heavy atom. The number of hydrogen-bond donors (Lipinski definition) is 1. The van der Waals surface area contributed by atoms with Gasteiger partial charge in [-0.2, -0.15) is 5.26 Å². The lowest BCUT2D eigenvalue weighted by molar-refractivity contribution is -0.156. The van der Waals surface area contributed by atoms with Crippen molar-refractivity contribution in [1.29, 1.82) is 5.26 Å². The zero-order valence-corrected chi connectivity index (χ0v) is 14.1. The minimum atomic E-state index is -1.19. The SMILES string of the molecule is CCOC(=O)C(C#N)(C(C)CNC(=O)OC(C)(C)C)C1CC1. The van der Waals surface area contributed by atoms with Crippen molar-refractivity contribution in [3.8, 4) is 6.07 Å². The average molecular weight is 310 g/mol. The molecule has 22 heavy (non-hydrogen) atoms. The maximum Gasteiger partial charge on any atom is 0.407 e. The molecule has 0 saturated heterocycles. The predicted molar refractivity (Wildman–Crippen MR) is 80.8 cm³/mol. The predicted octanol–water partition coefficient (Wildman–Crippen LogP) is 2.63. The van der Waals surface area contributed by atoms with Crippen molar-refractivity contribution in [2.24, 2.45) is 17.3 Å². The first-order valence-electron chi connectivity index (χ1n) is 7.72. The third kappa shape index (κ3) is 4.36. The zero-order valence-electron chi connectivity index (χ0n) is 14.1. The molecule has 6 nitrogen and oxygen atoms in total. The van der Waals surface area contributed by atoms with Gasteiger partial charge in [0.25, 0.3) is 0 Å². The number of nitrogens with one attached hydrogen (secondary N) is 1. The van der Waals surface area contributed by atoms with Gasteiger partial charge in [0.1, 0.15) is 5.60 Å². The first kappa shape index (κ1) is 18.3. The lowest BCUT2D eigenvalue weighted by atomic mass is 9.73. The summed E-state index contributed by atoms with van der Waals surface area (Å²) in [5.41, 5.74) is -1.78. The number of esters is 1. The summed E-state index contributed by atoms with van der Waals surface area (Å²) >= 11 is 0. The van der Waals surface area contributed by atoms with E-state index in [1.165, 1.54) is 0 Å². The van der Waals surface area contributed by atoms with Gasteiger partial charge in [-0.1, -0.05) is 6.92 Å². The molecular formula is C16H26N2O4. The van der Waals surface area contributed by atoms with Gasteiger partial charge in [-0.05, 0) is 46.5 Å². The van der Waals surface area contributed by atoms with E-state index in [1.54, 1.807) is 34.6 Å². The Hall–Kier alpha value is -1.77. The monoisotopic (exact) mass is 310 g/mol. The van der Waals surface area contributed by atoms with Crippen LogP contribution in [0, 0.1) is 28.6 Å². The summed E-state index contributed by atoms with van der Waals surface area (Å²) in [7, 11) is 0. The van der Waals surface area contributed by atoms with E-state index >= 15 is 0 Å². The quantitative estimate of drug-likeness (QED) is 0.762. The molecule has 0 aromatic rings. The van der Waals surface area contributed by atoms with E-state index in [-0.39, 0.29) is 25.0 Å². The molecule has 1 fully saturated rings. The van der Waals surface area contributed by atoms with Gasteiger partial charge in [0.2, 0.25) is 0 Å². The fourth-order valence-electron chi connectivity index (χ4n) is 2.52. The number of hydrogen-bond acceptors (Lipinski definition) is 5. The highest BCUT2D eigenvalue weighted by Gasteiger charge is 2.56. The van der Waals surface area contributed by atoms with Gasteiger partial charge in [0, 0.05) is 12.5 Å². The maximum absolute atomic E-state index is 12.3. The highest BCUT2D eigenvalue weighted by atomic mass is 16.6. The van der Waals surface area contributed by atoms with Crippen LogP contribution in [0.5, 0.6) is 0 Å². The van der Waals surface area contributed by atoms with E-state index in [0.717, 1.165) is 12.8 Å². The van der Waals surface area contributed by atoms with Crippen molar-refractivity contribution in [2.45, 2.75) is 53.1 Å². The number of carbonyl (C=O) groups is 2. The van der Waals surface area contributed by atoms with Crippen molar-refractivity contribution in [1.82, 2.24) is 5.32 Å². The summed E-state index contributed by atoms with van der Waals surface area (Å²) in [6.45, 7) is 9.26. The topological polar surface area (TPSA) is 88.4 Å². The average Bonchev–Trinajstić information content (AvgIpc) is 3.21. The van der Waals surface area contributed by atoms with Crippen LogP contribution in [0.2, 0.25) is 0 Å². The van der Waals surface area contributed by atoms with E-state index in [2.05, 4.69) is 11.4 Å². The summed E-state index contributed by atoms with van der Waals surface area (Å²) in [6, 6.07) is 2.17. The van der Waals surface area contributed by atoms with Gasteiger partial charge in [0.15, 0.2) is 5.41 Å². The number of rotatable bonds is 6. The van der Waals surface area contributed by atoms with Gasteiger partial charge in [-0.3, -0.25) is 4.79 Å². The molecule has 0 aliphatic heterocycles. The largest absolute Gasteiger partial charge is 0.465 e. The van der Waals surface area contributed by atoms with Crippen LogP contribution in [-0.2, 0) is 14.3 Å². The Labute approximate surface area is 132 Å². The molecule has 1 amide bonds. The molecule has 0 heterocycles. The highest BCUT2D eigenvalue weighted by Crippen LogP contribution is 2.50. The Kier molecular flexibility index (Phi) is 5.81. The van der Waals surface area contributed by atoms with Crippen LogP contribution in [0.4, 0.5) is 4.79 Å². The summed E-state index contributed by atoms with van der Waals surface area (Å²) in [4.78, 5) is 24.0. The number of nitriles is 1. The molecule has 124 valence electrons. The highest BCUT2D eigenvalue weighted by molar-refractivity contribution is 5.81. The van der Waals surface area contributed by atoms with Crippen LogP contribution in [0.1, 0.15) is 47.5 Å². The Balaban J connectivity index is 2.74. The molecule has 1 N–H and O–H groups in total. The van der Waals surface area contributed by atoms with Gasteiger partial charge >= 0.3 is 12.1 Å². The molecule has 2 unspecified atom stereocenters. The first-order chi connectivity index (χ1) is 10.2. The smallest absolute Gasteiger partial charge is 0.407 e. The van der Waals surface area contributed by atoms with Gasteiger partial charge < -0.3 is 14.8 Å². The van der Waals surface area contributed by atoms with E-state index in [0.29, 0.717) is 0 Å². The molecule has 1 aliphatic rings. The van der Waals surface area contributed by atoms with Crippen LogP contribution in [0.3, 0.4) is 0 Å². The van der Waals surface area contributed by atoms with Crippen LogP contribution in [0.15, 0.2) is 0 Å². The van der Waals surface area contributed by atoms with E-state index < -0.39 is 23.1 Å². The molecular weight excluding hydrogens is 284 g/mol. The zero-order chi connectivity index (χ0) is 17.0. The van der Waals surface area contributed by atoms with E-state index in [9.17, 15) is 14.9 Å². The van der Waals surface area contributed by atoms with Gasteiger partial charge in [-0.15, -0.1) is 0 Å². The number of carbonyl (C=O) groups excluding carboxylic acids is 2. The first-order valence-corrected chi connectivity index (χ1v) is 7.72. The molecule has 6 heteroatoms. The molecule has 0 aromatic heterocycles. The molecule has 0 spiro atoms. The molecule has 0 bridgehead atoms. The Morgan fingerprint density at radius 2 is 1.95 bits per heavy atom. The second kappa shape index (κ2) is 6.99. The maximum atomic E-state index is 12.3. The second-order valence-electron chi connectivity index (χ2n) is 6.76. The van der Waals surface area contributed by atoms with Gasteiger partial charge in [-0.25, -0.2) is 4.79 Å². The molecule has 1 aliphatic carbocycles. The van der Waals surface area contributed by atoms with Crippen LogP contribution < -0.4 is 5.32 Å². The lowest BCUT2D eigenvalue weighted by Gasteiger charge is -2.31. The fourth-order valence-corrected chi connectivity index (χ4v) is 2.52. The fraction of sp³-hybridized carbons (Fsp3) is 0.812. The Morgan fingerprint density at radius 3 is 2.36 bits per heavy atom. The molecule has 0 aromatic carbocycles. The number of amides is 1. The van der Waals surface area contributed by atoms with E-state index in [4.69, 9.17) is 9.47 Å². The third-order valence-corrected chi connectivity index (χ3v) is 3.75. The second-order valence-corrected chi connectivity index (χ2v) is 6.76. The van der Waals surface area contributed by atoms with Crippen LogP contribution >= 0.6 is 0 Å². The molecule has 1 saturated carbocycles. The summed E-state index contributed by atoms with van der Waals surface area (Å²) in [6.07, 6.45) is 1.12. The van der Waals surface area contributed by atoms with Crippen molar-refractivity contribution in [2.75, 3.05) is 13.2 Å². The van der Waals surface area contributed by atoms with Crippen molar-refractivity contribution in [3.05, 3.63) is 0 Å².